The molecule has 1 N–H and O–H groups in total. The first-order valence-electron chi connectivity index (χ1n) is 5.43. The predicted molar refractivity (Wildman–Crippen MR) is 63.0 cm³/mol. The van der Waals surface area contributed by atoms with E-state index in [-0.39, 0.29) is 0 Å². The normalized spacial score (nSPS) is 31.0. The zero-order valence-corrected chi connectivity index (χ0v) is 10.1. The molecule has 1 aromatic heterocycles. The number of aliphatic hydroxyl groups is 1. The number of aromatic nitrogens is 2. The van der Waals surface area contributed by atoms with E-state index in [9.17, 15) is 5.11 Å². The number of nitrogens with zero attached hydrogens (tertiary/aromatic N) is 2. The minimum absolute atomic E-state index is 0.366. The number of thioether (sulfide) groups is 1. The topological polar surface area (TPSA) is 38.1 Å². The lowest BCUT2D eigenvalue weighted by Crippen LogP contribution is -2.35. The van der Waals surface area contributed by atoms with Crippen molar-refractivity contribution >= 4 is 11.8 Å². The summed E-state index contributed by atoms with van der Waals surface area (Å²) in [4.78, 5) is 0. The summed E-state index contributed by atoms with van der Waals surface area (Å²) in [5.74, 6) is 1.09. The van der Waals surface area contributed by atoms with E-state index >= 15 is 0 Å². The summed E-state index contributed by atoms with van der Waals surface area (Å²) in [5, 5.41) is 14.9. The van der Waals surface area contributed by atoms with Crippen LogP contribution in [0.3, 0.4) is 0 Å². The van der Waals surface area contributed by atoms with Gasteiger partial charge >= 0.3 is 0 Å². The van der Waals surface area contributed by atoms with Crippen molar-refractivity contribution in [3.63, 3.8) is 0 Å². The number of aryl methyl sites for hydroxylation is 2. The second-order valence-corrected chi connectivity index (χ2v) is 5.76. The van der Waals surface area contributed by atoms with Crippen molar-refractivity contribution in [3.8, 4) is 0 Å². The Hall–Kier alpha value is -0.480. The van der Waals surface area contributed by atoms with Gasteiger partial charge in [-0.1, -0.05) is 6.92 Å². The smallest absolute Gasteiger partial charge is 0.0774 e. The van der Waals surface area contributed by atoms with Gasteiger partial charge in [-0.2, -0.15) is 16.9 Å². The van der Waals surface area contributed by atoms with E-state index in [2.05, 4.69) is 12.0 Å². The van der Waals surface area contributed by atoms with Crippen LogP contribution < -0.4 is 0 Å². The molecular formula is C11H18N2OS. The van der Waals surface area contributed by atoms with Crippen molar-refractivity contribution in [1.82, 2.24) is 9.78 Å². The van der Waals surface area contributed by atoms with Crippen LogP contribution in [0.5, 0.6) is 0 Å². The predicted octanol–water partition coefficient (Wildman–Crippen LogP) is 1.61. The number of hydrogen-bond acceptors (Lipinski definition) is 3. The molecule has 1 aliphatic rings. The minimum atomic E-state index is -0.463. The van der Waals surface area contributed by atoms with Gasteiger partial charge in [0.1, 0.15) is 0 Å². The van der Waals surface area contributed by atoms with Crippen molar-refractivity contribution in [2.24, 2.45) is 7.05 Å². The van der Waals surface area contributed by atoms with Crippen molar-refractivity contribution in [2.75, 3.05) is 5.75 Å². The summed E-state index contributed by atoms with van der Waals surface area (Å²) in [6.07, 6.45) is 4.50. The Balaban J connectivity index is 1.96. The zero-order chi connectivity index (χ0) is 10.9. The highest BCUT2D eigenvalue weighted by Crippen LogP contribution is 2.38. The van der Waals surface area contributed by atoms with E-state index < -0.39 is 5.60 Å². The second-order valence-electron chi connectivity index (χ2n) is 4.31. The molecule has 4 heteroatoms. The first-order chi connectivity index (χ1) is 7.12. The quantitative estimate of drug-likeness (QED) is 0.851. The highest BCUT2D eigenvalue weighted by Gasteiger charge is 2.38. The van der Waals surface area contributed by atoms with E-state index in [0.29, 0.717) is 5.25 Å². The van der Waals surface area contributed by atoms with Gasteiger partial charge in [0.2, 0.25) is 0 Å². The summed E-state index contributed by atoms with van der Waals surface area (Å²) in [7, 11) is 1.95. The third-order valence-corrected chi connectivity index (χ3v) is 4.77. The molecule has 3 nitrogen and oxygen atoms in total. The van der Waals surface area contributed by atoms with Crippen LogP contribution in [0.15, 0.2) is 12.3 Å². The van der Waals surface area contributed by atoms with Gasteiger partial charge in [0.25, 0.3) is 0 Å². The molecule has 0 aromatic carbocycles. The van der Waals surface area contributed by atoms with Crippen LogP contribution in [0.1, 0.15) is 25.5 Å². The fourth-order valence-corrected chi connectivity index (χ4v) is 3.46. The van der Waals surface area contributed by atoms with Crippen molar-refractivity contribution in [3.05, 3.63) is 18.0 Å². The van der Waals surface area contributed by atoms with E-state index in [1.165, 1.54) is 5.69 Å². The first kappa shape index (κ1) is 11.0. The molecule has 0 bridgehead atoms. The fourth-order valence-electron chi connectivity index (χ4n) is 2.09. The number of rotatable bonds is 3. The van der Waals surface area contributed by atoms with Crippen LogP contribution in [-0.4, -0.2) is 31.5 Å². The lowest BCUT2D eigenvalue weighted by Gasteiger charge is -2.26. The third kappa shape index (κ3) is 2.21. The molecular weight excluding hydrogens is 208 g/mol. The molecule has 2 rings (SSSR count). The molecule has 0 saturated carbocycles. The maximum absolute atomic E-state index is 10.4. The molecule has 1 aromatic rings. The van der Waals surface area contributed by atoms with Crippen LogP contribution in [0.25, 0.3) is 0 Å². The Morgan fingerprint density at radius 3 is 3.07 bits per heavy atom. The van der Waals surface area contributed by atoms with E-state index in [1.807, 2.05) is 35.8 Å². The van der Waals surface area contributed by atoms with Crippen LogP contribution >= 0.6 is 11.8 Å². The van der Waals surface area contributed by atoms with Crippen molar-refractivity contribution in [1.29, 1.82) is 0 Å². The molecule has 0 aliphatic carbocycles. The van der Waals surface area contributed by atoms with E-state index in [1.54, 1.807) is 0 Å². The average molecular weight is 226 g/mol. The van der Waals surface area contributed by atoms with Gasteiger partial charge in [0.05, 0.1) is 5.60 Å². The molecule has 2 unspecified atom stereocenters. The van der Waals surface area contributed by atoms with Gasteiger partial charge < -0.3 is 5.11 Å². The van der Waals surface area contributed by atoms with Gasteiger partial charge in [-0.05, 0) is 31.1 Å². The van der Waals surface area contributed by atoms with Crippen LogP contribution in [0.2, 0.25) is 0 Å². The second kappa shape index (κ2) is 4.18. The monoisotopic (exact) mass is 226 g/mol. The molecule has 0 amide bonds. The van der Waals surface area contributed by atoms with Crippen molar-refractivity contribution < 1.29 is 5.11 Å². The molecule has 15 heavy (non-hydrogen) atoms. The Morgan fingerprint density at radius 2 is 2.53 bits per heavy atom. The van der Waals surface area contributed by atoms with Crippen LogP contribution in [-0.2, 0) is 13.5 Å². The highest BCUT2D eigenvalue weighted by atomic mass is 32.2. The molecule has 2 heterocycles. The molecule has 84 valence electrons. The molecule has 2 atom stereocenters. The SMILES string of the molecule is CC1SCCC1(O)CCc1ccnn1C. The van der Waals surface area contributed by atoms with Gasteiger partial charge in [-0.25, -0.2) is 0 Å². The van der Waals surface area contributed by atoms with Gasteiger partial charge in [0.15, 0.2) is 0 Å². The Labute approximate surface area is 94.9 Å². The lowest BCUT2D eigenvalue weighted by atomic mass is 9.91. The summed E-state index contributed by atoms with van der Waals surface area (Å²) in [6, 6.07) is 2.02. The minimum Gasteiger partial charge on any atom is -0.389 e. The summed E-state index contributed by atoms with van der Waals surface area (Å²) in [5.41, 5.74) is 0.738. The molecule has 1 fully saturated rings. The van der Waals surface area contributed by atoms with Gasteiger partial charge in [-0.15, -0.1) is 0 Å². The maximum atomic E-state index is 10.4. The van der Waals surface area contributed by atoms with Crippen LogP contribution in [0.4, 0.5) is 0 Å². The van der Waals surface area contributed by atoms with Crippen molar-refractivity contribution in [2.45, 2.75) is 37.0 Å². The average Bonchev–Trinajstić information content (AvgIpc) is 2.73. The highest BCUT2D eigenvalue weighted by molar-refractivity contribution is 8.00. The Bertz CT molecular complexity index is 339. The number of hydrogen-bond donors (Lipinski definition) is 1. The zero-order valence-electron chi connectivity index (χ0n) is 9.31. The molecule has 0 spiro atoms. The van der Waals surface area contributed by atoms with E-state index in [0.717, 1.165) is 25.0 Å². The van der Waals surface area contributed by atoms with Gasteiger partial charge in [0, 0.05) is 24.2 Å². The molecule has 1 aliphatic heterocycles. The fraction of sp³-hybridized carbons (Fsp3) is 0.727. The standard InChI is InChI=1S/C11H18N2OS/c1-9-11(14,6-8-15-9)5-3-10-4-7-12-13(10)2/h4,7,9,14H,3,5-6,8H2,1-2H3. The first-order valence-corrected chi connectivity index (χ1v) is 6.47. The largest absolute Gasteiger partial charge is 0.389 e. The summed E-state index contributed by atoms with van der Waals surface area (Å²) < 4.78 is 1.89. The maximum Gasteiger partial charge on any atom is 0.0774 e. The van der Waals surface area contributed by atoms with E-state index in [4.69, 9.17) is 0 Å². The summed E-state index contributed by atoms with van der Waals surface area (Å²) >= 11 is 1.87. The third-order valence-electron chi connectivity index (χ3n) is 3.40. The summed E-state index contributed by atoms with van der Waals surface area (Å²) in [6.45, 7) is 2.13. The molecule has 0 radical (unpaired) electrons. The Morgan fingerprint density at radius 1 is 1.73 bits per heavy atom. The Kier molecular flexibility index (Phi) is 3.07. The van der Waals surface area contributed by atoms with Crippen LogP contribution in [0, 0.1) is 0 Å². The lowest BCUT2D eigenvalue weighted by molar-refractivity contribution is 0.0370. The van der Waals surface area contributed by atoms with Gasteiger partial charge in [-0.3, -0.25) is 4.68 Å². The molecule has 1 saturated heterocycles.